The van der Waals surface area contributed by atoms with Gasteiger partial charge < -0.3 is 14.2 Å². The Morgan fingerprint density at radius 2 is 2.04 bits per heavy atom. The van der Waals surface area contributed by atoms with Crippen molar-refractivity contribution < 1.29 is 19.0 Å². The Morgan fingerprint density at radius 3 is 2.65 bits per heavy atom. The van der Waals surface area contributed by atoms with E-state index in [1.54, 1.807) is 32.2 Å². The minimum absolute atomic E-state index is 0.0504. The molecule has 0 bridgehead atoms. The first-order valence-electron chi connectivity index (χ1n) is 7.76. The van der Waals surface area contributed by atoms with Crippen LogP contribution in [0.5, 0.6) is 11.5 Å². The van der Waals surface area contributed by atoms with Crippen molar-refractivity contribution in [2.45, 2.75) is 33.1 Å². The molecule has 0 spiro atoms. The SMILES string of the molecule is CCCCCOc1ccc(/C=C(\C#N)C(=O)OCC)cc1OC. The molecule has 0 aromatic heterocycles. The van der Waals surface area contributed by atoms with E-state index < -0.39 is 5.97 Å². The third-order valence-corrected chi connectivity index (χ3v) is 3.12. The van der Waals surface area contributed by atoms with Crippen molar-refractivity contribution in [3.05, 3.63) is 29.3 Å². The summed E-state index contributed by atoms with van der Waals surface area (Å²) in [6.07, 6.45) is 4.72. The van der Waals surface area contributed by atoms with Crippen LogP contribution in [-0.2, 0) is 9.53 Å². The van der Waals surface area contributed by atoms with Crippen LogP contribution in [0.2, 0.25) is 0 Å². The summed E-state index contributed by atoms with van der Waals surface area (Å²) in [5, 5.41) is 9.06. The number of nitrogens with zero attached hydrogens (tertiary/aromatic N) is 1. The highest BCUT2D eigenvalue weighted by atomic mass is 16.5. The van der Waals surface area contributed by atoms with Gasteiger partial charge in [-0.25, -0.2) is 4.79 Å². The van der Waals surface area contributed by atoms with E-state index in [2.05, 4.69) is 6.92 Å². The van der Waals surface area contributed by atoms with Gasteiger partial charge in [0, 0.05) is 0 Å². The van der Waals surface area contributed by atoms with E-state index in [-0.39, 0.29) is 12.2 Å². The fourth-order valence-corrected chi connectivity index (χ4v) is 1.94. The molecule has 0 heterocycles. The average molecular weight is 317 g/mol. The third-order valence-electron chi connectivity index (χ3n) is 3.12. The van der Waals surface area contributed by atoms with E-state index in [0.29, 0.717) is 23.7 Å². The average Bonchev–Trinajstić information content (AvgIpc) is 2.57. The summed E-state index contributed by atoms with van der Waals surface area (Å²) in [6, 6.07) is 7.12. The van der Waals surface area contributed by atoms with Gasteiger partial charge in [0.25, 0.3) is 0 Å². The first-order valence-corrected chi connectivity index (χ1v) is 7.76. The lowest BCUT2D eigenvalue weighted by Gasteiger charge is -2.11. The number of rotatable bonds is 9. The summed E-state index contributed by atoms with van der Waals surface area (Å²) in [6.45, 7) is 4.69. The second-order valence-electron chi connectivity index (χ2n) is 4.86. The second-order valence-corrected chi connectivity index (χ2v) is 4.86. The molecule has 1 rings (SSSR count). The molecular weight excluding hydrogens is 294 g/mol. The van der Waals surface area contributed by atoms with Gasteiger partial charge >= 0.3 is 5.97 Å². The number of unbranched alkanes of at least 4 members (excludes halogenated alkanes) is 2. The summed E-state index contributed by atoms with van der Waals surface area (Å²) < 4.78 is 15.9. The van der Waals surface area contributed by atoms with Crippen molar-refractivity contribution in [2.24, 2.45) is 0 Å². The van der Waals surface area contributed by atoms with Gasteiger partial charge in [-0.3, -0.25) is 0 Å². The smallest absolute Gasteiger partial charge is 0.348 e. The molecule has 0 saturated heterocycles. The van der Waals surface area contributed by atoms with E-state index >= 15 is 0 Å². The van der Waals surface area contributed by atoms with Crippen molar-refractivity contribution in [1.29, 1.82) is 5.26 Å². The van der Waals surface area contributed by atoms with E-state index in [9.17, 15) is 4.79 Å². The highest BCUT2D eigenvalue weighted by molar-refractivity contribution is 5.97. The summed E-state index contributed by atoms with van der Waals surface area (Å²) >= 11 is 0. The number of esters is 1. The molecule has 0 aliphatic rings. The van der Waals surface area contributed by atoms with E-state index in [4.69, 9.17) is 19.5 Å². The van der Waals surface area contributed by atoms with E-state index in [1.807, 2.05) is 6.07 Å². The van der Waals surface area contributed by atoms with Crippen molar-refractivity contribution in [3.8, 4) is 17.6 Å². The lowest BCUT2D eigenvalue weighted by Crippen LogP contribution is -2.06. The van der Waals surface area contributed by atoms with Crippen molar-refractivity contribution in [1.82, 2.24) is 0 Å². The van der Waals surface area contributed by atoms with Gasteiger partial charge in [-0.2, -0.15) is 5.26 Å². The summed E-state index contributed by atoms with van der Waals surface area (Å²) in [7, 11) is 1.55. The Morgan fingerprint density at radius 1 is 1.26 bits per heavy atom. The maximum atomic E-state index is 11.6. The van der Waals surface area contributed by atoms with Crippen molar-refractivity contribution in [3.63, 3.8) is 0 Å². The highest BCUT2D eigenvalue weighted by Gasteiger charge is 2.11. The lowest BCUT2D eigenvalue weighted by atomic mass is 10.1. The van der Waals surface area contributed by atoms with Gasteiger partial charge in [-0.05, 0) is 37.1 Å². The Balaban J connectivity index is 2.89. The lowest BCUT2D eigenvalue weighted by molar-refractivity contribution is -0.137. The molecule has 0 aliphatic carbocycles. The van der Waals surface area contributed by atoms with Crippen LogP contribution in [0.3, 0.4) is 0 Å². The molecule has 5 nitrogen and oxygen atoms in total. The van der Waals surface area contributed by atoms with Crippen LogP contribution in [0.15, 0.2) is 23.8 Å². The molecule has 1 aromatic carbocycles. The molecular formula is C18H23NO4. The number of ether oxygens (including phenoxy) is 3. The van der Waals surface area contributed by atoms with Crippen LogP contribution in [0.1, 0.15) is 38.7 Å². The summed E-state index contributed by atoms with van der Waals surface area (Å²) in [5.74, 6) is 0.584. The molecule has 0 aliphatic heterocycles. The maximum absolute atomic E-state index is 11.6. The largest absolute Gasteiger partial charge is 0.493 e. The number of carbonyl (C=O) groups excluding carboxylic acids is 1. The van der Waals surface area contributed by atoms with Crippen molar-refractivity contribution >= 4 is 12.0 Å². The molecule has 0 unspecified atom stereocenters. The predicted octanol–water partition coefficient (Wildman–Crippen LogP) is 3.73. The molecule has 124 valence electrons. The molecule has 0 atom stereocenters. The van der Waals surface area contributed by atoms with Gasteiger partial charge in [0.1, 0.15) is 11.6 Å². The van der Waals surface area contributed by atoms with Gasteiger partial charge in [0.05, 0.1) is 20.3 Å². The van der Waals surface area contributed by atoms with Crippen LogP contribution >= 0.6 is 0 Å². The van der Waals surface area contributed by atoms with Crippen LogP contribution in [0, 0.1) is 11.3 Å². The molecule has 0 fully saturated rings. The number of hydrogen-bond donors (Lipinski definition) is 0. The maximum Gasteiger partial charge on any atom is 0.348 e. The zero-order valence-electron chi connectivity index (χ0n) is 13.9. The van der Waals surface area contributed by atoms with E-state index in [0.717, 1.165) is 19.3 Å². The number of carbonyl (C=O) groups is 1. The number of hydrogen-bond acceptors (Lipinski definition) is 5. The first kappa shape index (κ1) is 18.6. The molecule has 5 heteroatoms. The topological polar surface area (TPSA) is 68.5 Å². The van der Waals surface area contributed by atoms with Gasteiger partial charge in [-0.1, -0.05) is 25.8 Å². The van der Waals surface area contributed by atoms with Gasteiger partial charge in [-0.15, -0.1) is 0 Å². The molecule has 0 saturated carbocycles. The van der Waals surface area contributed by atoms with Crippen LogP contribution in [0.4, 0.5) is 0 Å². The standard InChI is InChI=1S/C18H23NO4/c1-4-6-7-10-23-16-9-8-14(12-17(16)21-3)11-15(13-19)18(20)22-5-2/h8-9,11-12H,4-7,10H2,1-3H3/b15-11+. The number of benzene rings is 1. The Bertz CT molecular complexity index is 587. The number of nitriles is 1. The molecule has 0 amide bonds. The summed E-state index contributed by atoms with van der Waals surface area (Å²) in [5.41, 5.74) is 0.623. The third kappa shape index (κ3) is 6.03. The Kier molecular flexibility index (Phi) is 8.30. The highest BCUT2D eigenvalue weighted by Crippen LogP contribution is 2.29. The molecule has 1 aromatic rings. The molecule has 23 heavy (non-hydrogen) atoms. The zero-order valence-corrected chi connectivity index (χ0v) is 13.9. The second kappa shape index (κ2) is 10.3. The summed E-state index contributed by atoms with van der Waals surface area (Å²) in [4.78, 5) is 11.6. The minimum Gasteiger partial charge on any atom is -0.493 e. The van der Waals surface area contributed by atoms with Gasteiger partial charge in [0.15, 0.2) is 11.5 Å². The predicted molar refractivity (Wildman–Crippen MR) is 88.2 cm³/mol. The molecule has 0 radical (unpaired) electrons. The monoisotopic (exact) mass is 317 g/mol. The fraction of sp³-hybridized carbons (Fsp3) is 0.444. The van der Waals surface area contributed by atoms with Crippen LogP contribution in [-0.4, -0.2) is 26.3 Å². The zero-order chi connectivity index (χ0) is 17.1. The first-order chi connectivity index (χ1) is 11.2. The van der Waals surface area contributed by atoms with Crippen LogP contribution in [0.25, 0.3) is 6.08 Å². The van der Waals surface area contributed by atoms with Crippen LogP contribution < -0.4 is 9.47 Å². The Hall–Kier alpha value is -2.48. The number of methoxy groups -OCH3 is 1. The van der Waals surface area contributed by atoms with Crippen molar-refractivity contribution in [2.75, 3.05) is 20.3 Å². The fourth-order valence-electron chi connectivity index (χ4n) is 1.94. The Labute approximate surface area is 137 Å². The van der Waals surface area contributed by atoms with Gasteiger partial charge in [0.2, 0.25) is 0 Å². The minimum atomic E-state index is -0.631. The molecule has 0 N–H and O–H groups in total. The normalized spacial score (nSPS) is 10.8. The van der Waals surface area contributed by atoms with E-state index in [1.165, 1.54) is 6.08 Å². The quantitative estimate of drug-likeness (QED) is 0.300.